The molecule has 2 amide bonds. The van der Waals surface area contributed by atoms with Gasteiger partial charge in [0.25, 0.3) is 0 Å². The summed E-state index contributed by atoms with van der Waals surface area (Å²) in [5, 5.41) is 2.73. The summed E-state index contributed by atoms with van der Waals surface area (Å²) >= 11 is 0. The predicted molar refractivity (Wildman–Crippen MR) is 61.6 cm³/mol. The lowest BCUT2D eigenvalue weighted by atomic mass is 9.86. The van der Waals surface area contributed by atoms with Crippen molar-refractivity contribution in [1.29, 1.82) is 0 Å². The summed E-state index contributed by atoms with van der Waals surface area (Å²) in [6.07, 6.45) is 0.364. The fourth-order valence-electron chi connectivity index (χ4n) is 1.55. The Balaban J connectivity index is 2.63. The van der Waals surface area contributed by atoms with Crippen LogP contribution in [0.1, 0.15) is 27.2 Å². The lowest BCUT2D eigenvalue weighted by molar-refractivity contribution is -0.134. The van der Waals surface area contributed by atoms with E-state index in [9.17, 15) is 9.59 Å². The Labute approximate surface area is 96.4 Å². The zero-order chi connectivity index (χ0) is 12.3. The maximum Gasteiger partial charge on any atom is 0.240 e. The first-order chi connectivity index (χ1) is 7.32. The van der Waals surface area contributed by atoms with Gasteiger partial charge in [-0.2, -0.15) is 0 Å². The molecular formula is C11H21N3O2. The number of amides is 2. The minimum Gasteiger partial charge on any atom is -0.354 e. The minimum atomic E-state index is -0.513. The van der Waals surface area contributed by atoms with E-state index in [2.05, 4.69) is 5.32 Å². The zero-order valence-electron chi connectivity index (χ0n) is 10.2. The average molecular weight is 227 g/mol. The van der Waals surface area contributed by atoms with Gasteiger partial charge < -0.3 is 16.0 Å². The van der Waals surface area contributed by atoms with E-state index < -0.39 is 6.04 Å². The zero-order valence-corrected chi connectivity index (χ0v) is 10.2. The van der Waals surface area contributed by atoms with Gasteiger partial charge in [-0.05, 0) is 5.41 Å². The highest BCUT2D eigenvalue weighted by molar-refractivity contribution is 5.84. The second-order valence-electron chi connectivity index (χ2n) is 5.27. The van der Waals surface area contributed by atoms with E-state index >= 15 is 0 Å². The van der Waals surface area contributed by atoms with E-state index in [1.165, 1.54) is 0 Å². The number of carbonyl (C=O) groups is 2. The van der Waals surface area contributed by atoms with Crippen molar-refractivity contribution in [3.8, 4) is 0 Å². The molecule has 1 rings (SSSR count). The van der Waals surface area contributed by atoms with Gasteiger partial charge >= 0.3 is 0 Å². The maximum absolute atomic E-state index is 12.1. The Morgan fingerprint density at radius 2 is 2.06 bits per heavy atom. The van der Waals surface area contributed by atoms with Gasteiger partial charge in [-0.15, -0.1) is 0 Å². The number of carbonyl (C=O) groups excluding carboxylic acids is 2. The highest BCUT2D eigenvalue weighted by Gasteiger charge is 2.31. The van der Waals surface area contributed by atoms with E-state index in [0.29, 0.717) is 26.1 Å². The molecule has 1 atom stereocenters. The summed E-state index contributed by atoms with van der Waals surface area (Å²) in [7, 11) is 0. The van der Waals surface area contributed by atoms with Crippen molar-refractivity contribution in [2.24, 2.45) is 11.1 Å². The highest BCUT2D eigenvalue weighted by atomic mass is 16.2. The number of hydrogen-bond donors (Lipinski definition) is 2. The van der Waals surface area contributed by atoms with Crippen molar-refractivity contribution in [2.75, 3.05) is 19.6 Å². The Hall–Kier alpha value is -1.10. The molecule has 0 aromatic rings. The molecule has 0 aliphatic carbocycles. The van der Waals surface area contributed by atoms with E-state index in [1.54, 1.807) is 4.90 Å². The Kier molecular flexibility index (Phi) is 3.91. The first kappa shape index (κ1) is 13.0. The molecule has 0 bridgehead atoms. The van der Waals surface area contributed by atoms with Crippen LogP contribution < -0.4 is 11.1 Å². The Morgan fingerprint density at radius 1 is 1.44 bits per heavy atom. The average Bonchev–Trinajstić information content (AvgIpc) is 2.39. The van der Waals surface area contributed by atoms with Gasteiger partial charge in [-0.3, -0.25) is 9.59 Å². The van der Waals surface area contributed by atoms with Gasteiger partial charge in [0.1, 0.15) is 0 Å². The third kappa shape index (κ3) is 3.20. The number of nitrogens with zero attached hydrogens (tertiary/aromatic N) is 1. The summed E-state index contributed by atoms with van der Waals surface area (Å²) in [5.41, 5.74) is 5.67. The molecule has 0 spiro atoms. The van der Waals surface area contributed by atoms with Crippen molar-refractivity contribution in [3.05, 3.63) is 0 Å². The maximum atomic E-state index is 12.1. The van der Waals surface area contributed by atoms with Crippen molar-refractivity contribution >= 4 is 11.8 Å². The molecule has 0 unspecified atom stereocenters. The smallest absolute Gasteiger partial charge is 0.240 e. The van der Waals surface area contributed by atoms with E-state index in [0.717, 1.165) is 0 Å². The Morgan fingerprint density at radius 3 is 2.62 bits per heavy atom. The molecule has 16 heavy (non-hydrogen) atoms. The third-order valence-electron chi connectivity index (χ3n) is 2.82. The summed E-state index contributed by atoms with van der Waals surface area (Å²) in [4.78, 5) is 24.9. The van der Waals surface area contributed by atoms with Crippen LogP contribution in [0.2, 0.25) is 0 Å². The molecule has 1 fully saturated rings. The number of nitrogens with one attached hydrogen (secondary N) is 1. The van der Waals surface area contributed by atoms with Gasteiger partial charge in [0, 0.05) is 26.1 Å². The van der Waals surface area contributed by atoms with E-state index in [4.69, 9.17) is 5.73 Å². The predicted octanol–water partition coefficient (Wildman–Crippen LogP) is -0.292. The number of hydrogen-bond acceptors (Lipinski definition) is 3. The van der Waals surface area contributed by atoms with Gasteiger partial charge in [-0.25, -0.2) is 0 Å². The summed E-state index contributed by atoms with van der Waals surface area (Å²) in [6.45, 7) is 7.36. The van der Waals surface area contributed by atoms with Crippen LogP contribution in [0, 0.1) is 5.41 Å². The quantitative estimate of drug-likeness (QED) is 0.646. The fraction of sp³-hybridized carbons (Fsp3) is 0.818. The van der Waals surface area contributed by atoms with Gasteiger partial charge in [0.15, 0.2) is 0 Å². The third-order valence-corrected chi connectivity index (χ3v) is 2.82. The largest absolute Gasteiger partial charge is 0.354 e. The second kappa shape index (κ2) is 4.82. The van der Waals surface area contributed by atoms with Gasteiger partial charge in [0.2, 0.25) is 11.8 Å². The molecule has 1 aliphatic heterocycles. The second-order valence-corrected chi connectivity index (χ2v) is 5.27. The SMILES string of the molecule is CC(C)(C)[C@H](N)C(=O)N1CCNC(=O)CC1. The molecule has 0 aromatic heterocycles. The molecule has 1 saturated heterocycles. The van der Waals surface area contributed by atoms with Crippen molar-refractivity contribution < 1.29 is 9.59 Å². The fourth-order valence-corrected chi connectivity index (χ4v) is 1.55. The van der Waals surface area contributed by atoms with E-state index in [1.807, 2.05) is 20.8 Å². The van der Waals surface area contributed by atoms with Crippen molar-refractivity contribution in [2.45, 2.75) is 33.2 Å². The molecule has 0 aromatic carbocycles. The summed E-state index contributed by atoms with van der Waals surface area (Å²) in [5.74, 6) is -0.0661. The molecule has 3 N–H and O–H groups in total. The monoisotopic (exact) mass is 227 g/mol. The molecular weight excluding hydrogens is 206 g/mol. The van der Waals surface area contributed by atoms with Gasteiger partial charge in [-0.1, -0.05) is 20.8 Å². The lowest BCUT2D eigenvalue weighted by Crippen LogP contribution is -2.51. The topological polar surface area (TPSA) is 75.4 Å². The molecule has 0 saturated carbocycles. The molecule has 1 heterocycles. The summed E-state index contributed by atoms with van der Waals surface area (Å²) in [6, 6.07) is -0.513. The molecule has 1 aliphatic rings. The van der Waals surface area contributed by atoms with Crippen LogP contribution >= 0.6 is 0 Å². The van der Waals surface area contributed by atoms with Crippen molar-refractivity contribution in [3.63, 3.8) is 0 Å². The van der Waals surface area contributed by atoms with Crippen LogP contribution in [0.5, 0.6) is 0 Å². The van der Waals surface area contributed by atoms with Crippen LogP contribution in [0.4, 0.5) is 0 Å². The standard InChI is InChI=1S/C11H21N3O2/c1-11(2,3)9(12)10(16)14-6-4-8(15)13-5-7-14/h9H,4-7,12H2,1-3H3,(H,13,15)/t9-/m1/s1. The Bertz CT molecular complexity index is 283. The summed E-state index contributed by atoms with van der Waals surface area (Å²) < 4.78 is 0. The first-order valence-electron chi connectivity index (χ1n) is 5.63. The number of rotatable bonds is 1. The first-order valence-corrected chi connectivity index (χ1v) is 5.63. The molecule has 5 heteroatoms. The normalized spacial score (nSPS) is 20.0. The molecule has 0 radical (unpaired) electrons. The van der Waals surface area contributed by atoms with Crippen LogP contribution in [-0.4, -0.2) is 42.4 Å². The lowest BCUT2D eigenvalue weighted by Gasteiger charge is -2.31. The van der Waals surface area contributed by atoms with Crippen molar-refractivity contribution in [1.82, 2.24) is 10.2 Å². The van der Waals surface area contributed by atoms with Crippen LogP contribution in [-0.2, 0) is 9.59 Å². The van der Waals surface area contributed by atoms with Gasteiger partial charge in [0.05, 0.1) is 6.04 Å². The minimum absolute atomic E-state index is 0.000342. The van der Waals surface area contributed by atoms with Crippen LogP contribution in [0.3, 0.4) is 0 Å². The van der Waals surface area contributed by atoms with Crippen LogP contribution in [0.25, 0.3) is 0 Å². The molecule has 92 valence electrons. The number of nitrogens with two attached hydrogens (primary N) is 1. The molecule has 5 nitrogen and oxygen atoms in total. The highest BCUT2D eigenvalue weighted by Crippen LogP contribution is 2.19. The van der Waals surface area contributed by atoms with Crippen LogP contribution in [0.15, 0.2) is 0 Å². The van der Waals surface area contributed by atoms with E-state index in [-0.39, 0.29) is 17.2 Å².